The molecular formula is C20H19ClN5OPS. The third-order valence-electron chi connectivity index (χ3n) is 4.23. The number of fused-ring (bicyclic) bond motifs is 1. The van der Waals surface area contributed by atoms with Crippen LogP contribution in [0.2, 0.25) is 5.02 Å². The van der Waals surface area contributed by atoms with Crippen molar-refractivity contribution in [2.24, 2.45) is 0 Å². The third-order valence-corrected chi connectivity index (χ3v) is 6.99. The molecule has 6 nitrogen and oxygen atoms in total. The van der Waals surface area contributed by atoms with Crippen molar-refractivity contribution in [3.05, 3.63) is 58.7 Å². The van der Waals surface area contributed by atoms with E-state index in [-0.39, 0.29) is 0 Å². The van der Waals surface area contributed by atoms with Crippen LogP contribution in [0, 0.1) is 6.92 Å². The van der Waals surface area contributed by atoms with Crippen molar-refractivity contribution in [3.8, 4) is 0 Å². The second-order valence-corrected chi connectivity index (χ2v) is 11.7. The van der Waals surface area contributed by atoms with Crippen LogP contribution in [-0.4, -0.2) is 28.3 Å². The number of nitrogens with zero attached hydrogens (tertiary/aromatic N) is 3. The minimum absolute atomic E-state index is 0.376. The molecule has 0 fully saturated rings. The lowest BCUT2D eigenvalue weighted by molar-refractivity contribution is 0.588. The highest BCUT2D eigenvalue weighted by Gasteiger charge is 2.17. The second-order valence-electron chi connectivity index (χ2n) is 6.92. The molecule has 0 amide bonds. The largest absolute Gasteiger partial charge is 0.338 e. The SMILES string of the molecule is Cc1nc2ccc(Nc3ncc(Cl)c(Nc4ccccc4P(C)(C)=O)n3)cc2s1. The van der Waals surface area contributed by atoms with Crippen molar-refractivity contribution in [2.45, 2.75) is 6.92 Å². The van der Waals surface area contributed by atoms with Crippen molar-refractivity contribution < 1.29 is 4.57 Å². The van der Waals surface area contributed by atoms with Crippen LogP contribution >= 0.6 is 30.1 Å². The predicted molar refractivity (Wildman–Crippen MR) is 123 cm³/mol. The highest BCUT2D eigenvalue weighted by molar-refractivity contribution is 7.70. The Morgan fingerprint density at radius 2 is 1.86 bits per heavy atom. The number of hydrogen-bond acceptors (Lipinski definition) is 7. The molecule has 0 saturated carbocycles. The van der Waals surface area contributed by atoms with Gasteiger partial charge in [0.1, 0.15) is 12.2 Å². The van der Waals surface area contributed by atoms with Gasteiger partial charge in [-0.2, -0.15) is 4.98 Å². The zero-order valence-electron chi connectivity index (χ0n) is 16.1. The average Bonchev–Trinajstić information content (AvgIpc) is 3.03. The summed E-state index contributed by atoms with van der Waals surface area (Å²) >= 11 is 7.94. The monoisotopic (exact) mass is 443 g/mol. The summed E-state index contributed by atoms with van der Waals surface area (Å²) in [6.07, 6.45) is 1.54. The van der Waals surface area contributed by atoms with Crippen LogP contribution in [0.4, 0.5) is 23.1 Å². The van der Waals surface area contributed by atoms with Crippen LogP contribution < -0.4 is 15.9 Å². The Labute approximate surface area is 177 Å². The maximum atomic E-state index is 12.6. The standard InChI is InChI=1S/C20H19ClN5OPS/c1-12-23-16-9-8-13(10-18(16)29-12)24-20-22-11-14(21)19(26-20)25-15-6-4-5-7-17(15)28(2,3)27/h4-11H,1-3H3,(H2,22,24,25,26). The summed E-state index contributed by atoms with van der Waals surface area (Å²) in [5, 5.41) is 8.55. The van der Waals surface area contributed by atoms with Crippen LogP contribution in [0.15, 0.2) is 48.7 Å². The predicted octanol–water partition coefficient (Wildman–Crippen LogP) is 5.78. The molecule has 0 aliphatic heterocycles. The van der Waals surface area contributed by atoms with Gasteiger partial charge in [-0.3, -0.25) is 0 Å². The van der Waals surface area contributed by atoms with Crippen LogP contribution in [0.5, 0.6) is 0 Å². The Morgan fingerprint density at radius 1 is 1.07 bits per heavy atom. The Balaban J connectivity index is 1.63. The van der Waals surface area contributed by atoms with Gasteiger partial charge in [-0.15, -0.1) is 11.3 Å². The summed E-state index contributed by atoms with van der Waals surface area (Å²) < 4.78 is 13.7. The molecule has 148 valence electrons. The maximum absolute atomic E-state index is 12.6. The molecule has 2 heterocycles. The molecular weight excluding hydrogens is 425 g/mol. The van der Waals surface area contributed by atoms with Crippen LogP contribution in [0.1, 0.15) is 5.01 Å². The molecule has 0 unspecified atom stereocenters. The maximum Gasteiger partial charge on any atom is 0.229 e. The summed E-state index contributed by atoms with van der Waals surface area (Å²) in [5.41, 5.74) is 2.55. The number of para-hydroxylation sites is 1. The van der Waals surface area contributed by atoms with E-state index in [9.17, 15) is 4.57 Å². The average molecular weight is 444 g/mol. The van der Waals surface area contributed by atoms with Gasteiger partial charge in [-0.25, -0.2) is 9.97 Å². The van der Waals surface area contributed by atoms with E-state index in [1.165, 1.54) is 6.20 Å². The first-order valence-electron chi connectivity index (χ1n) is 8.88. The van der Waals surface area contributed by atoms with Gasteiger partial charge in [-0.1, -0.05) is 23.7 Å². The summed E-state index contributed by atoms with van der Waals surface area (Å²) in [4.78, 5) is 13.2. The lowest BCUT2D eigenvalue weighted by atomic mass is 10.3. The van der Waals surface area contributed by atoms with Crippen LogP contribution in [0.25, 0.3) is 10.2 Å². The van der Waals surface area contributed by atoms with E-state index in [0.29, 0.717) is 22.5 Å². The normalized spacial score (nSPS) is 11.6. The minimum atomic E-state index is -2.47. The van der Waals surface area contributed by atoms with Gasteiger partial charge in [0, 0.05) is 11.0 Å². The molecule has 0 atom stereocenters. The van der Waals surface area contributed by atoms with Gasteiger partial charge < -0.3 is 15.2 Å². The van der Waals surface area contributed by atoms with Gasteiger partial charge in [0.2, 0.25) is 5.95 Å². The van der Waals surface area contributed by atoms with Crippen molar-refractivity contribution in [3.63, 3.8) is 0 Å². The molecule has 0 bridgehead atoms. The van der Waals surface area contributed by atoms with Crippen molar-refractivity contribution in [1.82, 2.24) is 15.0 Å². The number of aromatic nitrogens is 3. The molecule has 2 N–H and O–H groups in total. The molecule has 4 aromatic rings. The number of thiazole rings is 1. The first kappa shape index (κ1) is 19.8. The number of rotatable bonds is 5. The fourth-order valence-electron chi connectivity index (χ4n) is 2.94. The first-order valence-corrected chi connectivity index (χ1v) is 12.7. The van der Waals surface area contributed by atoms with E-state index in [1.807, 2.05) is 49.4 Å². The Hall–Kier alpha value is -2.47. The van der Waals surface area contributed by atoms with E-state index >= 15 is 0 Å². The Kier molecular flexibility index (Phi) is 5.30. The van der Waals surface area contributed by atoms with Crippen molar-refractivity contribution >= 4 is 68.7 Å². The van der Waals surface area contributed by atoms with E-state index in [1.54, 1.807) is 24.7 Å². The second kappa shape index (κ2) is 7.75. The summed E-state index contributed by atoms with van der Waals surface area (Å²) in [6.45, 7) is 5.46. The lowest BCUT2D eigenvalue weighted by Crippen LogP contribution is -2.10. The molecule has 0 aliphatic carbocycles. The topological polar surface area (TPSA) is 79.8 Å². The third kappa shape index (κ3) is 4.42. The summed E-state index contributed by atoms with van der Waals surface area (Å²) in [5.74, 6) is 0.853. The fourth-order valence-corrected chi connectivity index (χ4v) is 5.10. The number of benzene rings is 2. The molecule has 4 rings (SSSR count). The number of anilines is 4. The minimum Gasteiger partial charge on any atom is -0.338 e. The van der Waals surface area contributed by atoms with Crippen molar-refractivity contribution in [1.29, 1.82) is 0 Å². The van der Waals surface area contributed by atoms with Gasteiger partial charge in [0.05, 0.1) is 27.1 Å². The lowest BCUT2D eigenvalue weighted by Gasteiger charge is -2.15. The Morgan fingerprint density at radius 3 is 2.66 bits per heavy atom. The number of hydrogen-bond donors (Lipinski definition) is 2. The smallest absolute Gasteiger partial charge is 0.229 e. The van der Waals surface area contributed by atoms with E-state index in [2.05, 4.69) is 25.6 Å². The molecule has 9 heteroatoms. The fraction of sp³-hybridized carbons (Fsp3) is 0.150. The molecule has 29 heavy (non-hydrogen) atoms. The van der Waals surface area contributed by atoms with Crippen LogP contribution in [0.3, 0.4) is 0 Å². The van der Waals surface area contributed by atoms with Crippen molar-refractivity contribution in [2.75, 3.05) is 24.0 Å². The molecule has 0 spiro atoms. The van der Waals surface area contributed by atoms with E-state index in [4.69, 9.17) is 11.6 Å². The summed E-state index contributed by atoms with van der Waals surface area (Å²) in [7, 11) is -2.47. The van der Waals surface area contributed by atoms with Gasteiger partial charge in [0.25, 0.3) is 0 Å². The summed E-state index contributed by atoms with van der Waals surface area (Å²) in [6, 6.07) is 13.4. The van der Waals surface area contributed by atoms with Crippen LogP contribution in [-0.2, 0) is 4.57 Å². The highest BCUT2D eigenvalue weighted by Crippen LogP contribution is 2.38. The number of halogens is 1. The molecule has 0 aliphatic rings. The number of aryl methyl sites for hydroxylation is 1. The van der Waals surface area contributed by atoms with E-state index < -0.39 is 7.14 Å². The molecule has 2 aromatic carbocycles. The molecule has 2 aromatic heterocycles. The Bertz CT molecular complexity index is 1250. The zero-order chi connectivity index (χ0) is 20.6. The quantitative estimate of drug-likeness (QED) is 0.380. The zero-order valence-corrected chi connectivity index (χ0v) is 18.6. The molecule has 0 saturated heterocycles. The number of nitrogens with one attached hydrogen (secondary N) is 2. The van der Waals surface area contributed by atoms with E-state index in [0.717, 1.165) is 26.2 Å². The molecule has 0 radical (unpaired) electrons. The van der Waals surface area contributed by atoms with Gasteiger partial charge >= 0.3 is 0 Å². The first-order chi connectivity index (χ1) is 13.8. The van der Waals surface area contributed by atoms with Gasteiger partial charge in [0.15, 0.2) is 5.82 Å². The highest BCUT2D eigenvalue weighted by atomic mass is 35.5. The van der Waals surface area contributed by atoms with Gasteiger partial charge in [-0.05, 0) is 50.6 Å².